The highest BCUT2D eigenvalue weighted by Crippen LogP contribution is 2.47. The van der Waals surface area contributed by atoms with Gasteiger partial charge >= 0.3 is 0 Å². The van der Waals surface area contributed by atoms with E-state index in [1.54, 1.807) is 12.1 Å². The highest BCUT2D eigenvalue weighted by molar-refractivity contribution is 6.31. The number of nitro benzene ring substituents is 1. The summed E-state index contributed by atoms with van der Waals surface area (Å²) in [6.07, 6.45) is 0.151. The quantitative estimate of drug-likeness (QED) is 0.426. The summed E-state index contributed by atoms with van der Waals surface area (Å²) in [6, 6.07) is 22.0. The zero-order chi connectivity index (χ0) is 20.0. The Balaban J connectivity index is 1.60. The van der Waals surface area contributed by atoms with Gasteiger partial charge in [0.05, 0.1) is 16.7 Å². The molecule has 0 fully saturated rings. The van der Waals surface area contributed by atoms with Gasteiger partial charge in [-0.05, 0) is 23.8 Å². The third-order valence-electron chi connectivity index (χ3n) is 5.22. The Bertz CT molecular complexity index is 1150. The van der Waals surface area contributed by atoms with Crippen LogP contribution in [0.4, 0.5) is 5.69 Å². The van der Waals surface area contributed by atoms with Crippen LogP contribution in [-0.2, 0) is 0 Å². The molecule has 0 aromatic heterocycles. The van der Waals surface area contributed by atoms with Crippen molar-refractivity contribution in [2.24, 2.45) is 5.10 Å². The molecule has 2 aliphatic heterocycles. The van der Waals surface area contributed by atoms with E-state index in [9.17, 15) is 10.1 Å². The number of para-hydroxylation sites is 1. The smallest absolute Gasteiger partial charge is 0.269 e. The van der Waals surface area contributed by atoms with Gasteiger partial charge in [0.2, 0.25) is 6.23 Å². The number of non-ortho nitro benzene ring substituents is 1. The minimum Gasteiger partial charge on any atom is -0.464 e. The molecule has 0 N–H and O–H groups in total. The molecule has 2 atom stereocenters. The molecule has 2 unspecified atom stereocenters. The Morgan fingerprint density at radius 3 is 2.72 bits per heavy atom. The monoisotopic (exact) mass is 405 g/mol. The van der Waals surface area contributed by atoms with Gasteiger partial charge in [-0.1, -0.05) is 54.1 Å². The van der Waals surface area contributed by atoms with E-state index < -0.39 is 11.2 Å². The van der Waals surface area contributed by atoms with Crippen molar-refractivity contribution in [1.82, 2.24) is 5.01 Å². The lowest BCUT2D eigenvalue weighted by Gasteiger charge is -2.38. The van der Waals surface area contributed by atoms with Gasteiger partial charge in [-0.15, -0.1) is 0 Å². The predicted molar refractivity (Wildman–Crippen MR) is 110 cm³/mol. The standard InChI is InChI=1S/C22H16ClN3O3/c23-16-7-3-5-14(11-16)19-13-20-18-9-1-2-10-21(18)29-22(25(20)24-19)15-6-4-8-17(12-15)26(27)28/h1-12,20,22H,13H2. The third-order valence-corrected chi connectivity index (χ3v) is 5.46. The number of hydrogen-bond donors (Lipinski definition) is 0. The molecule has 0 amide bonds. The summed E-state index contributed by atoms with van der Waals surface area (Å²) in [6.45, 7) is 0. The molecule has 29 heavy (non-hydrogen) atoms. The van der Waals surface area contributed by atoms with Crippen LogP contribution in [0.2, 0.25) is 5.02 Å². The van der Waals surface area contributed by atoms with E-state index in [0.29, 0.717) is 17.0 Å². The van der Waals surface area contributed by atoms with Crippen molar-refractivity contribution in [1.29, 1.82) is 0 Å². The number of hydrazone groups is 1. The van der Waals surface area contributed by atoms with Crippen LogP contribution in [0.15, 0.2) is 77.9 Å². The molecular weight excluding hydrogens is 390 g/mol. The number of nitro groups is 1. The highest BCUT2D eigenvalue weighted by Gasteiger charge is 2.41. The van der Waals surface area contributed by atoms with Crippen molar-refractivity contribution in [3.05, 3.63) is 105 Å². The van der Waals surface area contributed by atoms with Crippen molar-refractivity contribution in [3.63, 3.8) is 0 Å². The van der Waals surface area contributed by atoms with Crippen molar-refractivity contribution in [2.45, 2.75) is 18.7 Å². The SMILES string of the molecule is O=[N+]([O-])c1cccc(C2Oc3ccccc3C3CC(c4cccc(Cl)c4)=NN32)c1. The first-order valence-electron chi connectivity index (χ1n) is 9.22. The topological polar surface area (TPSA) is 68.0 Å². The van der Waals surface area contributed by atoms with Gasteiger partial charge in [-0.2, -0.15) is 5.10 Å². The minimum atomic E-state index is -0.550. The molecule has 6 nitrogen and oxygen atoms in total. The number of rotatable bonds is 3. The molecule has 0 radical (unpaired) electrons. The van der Waals surface area contributed by atoms with Gasteiger partial charge in [-0.25, -0.2) is 5.01 Å². The number of fused-ring (bicyclic) bond motifs is 3. The first-order valence-corrected chi connectivity index (χ1v) is 9.59. The lowest BCUT2D eigenvalue weighted by atomic mass is 9.96. The molecule has 0 bridgehead atoms. The fourth-order valence-electron chi connectivity index (χ4n) is 3.89. The lowest BCUT2D eigenvalue weighted by Crippen LogP contribution is -2.33. The van der Waals surface area contributed by atoms with Gasteiger partial charge in [0.15, 0.2) is 0 Å². The fourth-order valence-corrected chi connectivity index (χ4v) is 4.08. The van der Waals surface area contributed by atoms with Crippen LogP contribution in [0, 0.1) is 10.1 Å². The average Bonchev–Trinajstić information content (AvgIpc) is 3.19. The minimum absolute atomic E-state index is 0.0156. The van der Waals surface area contributed by atoms with Crippen molar-refractivity contribution in [2.75, 3.05) is 0 Å². The molecule has 0 aliphatic carbocycles. The van der Waals surface area contributed by atoms with Crippen LogP contribution < -0.4 is 4.74 Å². The second-order valence-electron chi connectivity index (χ2n) is 7.02. The van der Waals surface area contributed by atoms with E-state index in [-0.39, 0.29) is 11.7 Å². The van der Waals surface area contributed by atoms with Crippen LogP contribution in [0.25, 0.3) is 0 Å². The molecule has 0 saturated carbocycles. The van der Waals surface area contributed by atoms with Crippen LogP contribution in [0.5, 0.6) is 5.75 Å². The summed E-state index contributed by atoms with van der Waals surface area (Å²) < 4.78 is 6.24. The maximum atomic E-state index is 11.2. The number of nitrogens with zero attached hydrogens (tertiary/aromatic N) is 3. The van der Waals surface area contributed by atoms with Gasteiger partial charge in [0, 0.05) is 34.7 Å². The van der Waals surface area contributed by atoms with E-state index in [0.717, 1.165) is 22.6 Å². The van der Waals surface area contributed by atoms with Crippen LogP contribution in [-0.4, -0.2) is 15.6 Å². The normalized spacial score (nSPS) is 19.8. The predicted octanol–water partition coefficient (Wildman–Crippen LogP) is 5.49. The molecule has 3 aromatic rings. The molecule has 2 heterocycles. The molecule has 0 spiro atoms. The van der Waals surface area contributed by atoms with Gasteiger partial charge in [0.1, 0.15) is 5.75 Å². The Morgan fingerprint density at radius 2 is 1.90 bits per heavy atom. The van der Waals surface area contributed by atoms with E-state index in [4.69, 9.17) is 21.4 Å². The molecule has 0 saturated heterocycles. The van der Waals surface area contributed by atoms with E-state index >= 15 is 0 Å². The second-order valence-corrected chi connectivity index (χ2v) is 7.45. The Morgan fingerprint density at radius 1 is 1.07 bits per heavy atom. The zero-order valence-corrected chi connectivity index (χ0v) is 16.0. The first-order chi connectivity index (χ1) is 14.1. The van der Waals surface area contributed by atoms with Gasteiger partial charge in [-0.3, -0.25) is 10.1 Å². The molecule has 3 aromatic carbocycles. The Hall–Kier alpha value is -3.38. The molecular formula is C22H16ClN3O3. The third kappa shape index (κ3) is 3.11. The van der Waals surface area contributed by atoms with Crippen LogP contribution >= 0.6 is 11.6 Å². The van der Waals surface area contributed by atoms with Crippen molar-refractivity contribution >= 4 is 23.0 Å². The number of benzene rings is 3. The number of halogens is 1. The summed E-state index contributed by atoms with van der Waals surface area (Å²) in [7, 11) is 0. The molecule has 7 heteroatoms. The number of hydrogen-bond acceptors (Lipinski definition) is 5. The number of ether oxygens (including phenoxy) is 1. The van der Waals surface area contributed by atoms with Crippen LogP contribution in [0.1, 0.15) is 35.4 Å². The fraction of sp³-hybridized carbons (Fsp3) is 0.136. The van der Waals surface area contributed by atoms with E-state index in [1.807, 2.05) is 59.6 Å². The van der Waals surface area contributed by atoms with Gasteiger partial charge < -0.3 is 4.74 Å². The van der Waals surface area contributed by atoms with Crippen molar-refractivity contribution < 1.29 is 9.66 Å². The lowest BCUT2D eigenvalue weighted by molar-refractivity contribution is -0.385. The molecule has 5 rings (SSSR count). The Kier molecular flexibility index (Phi) is 4.21. The average molecular weight is 406 g/mol. The maximum Gasteiger partial charge on any atom is 0.269 e. The first kappa shape index (κ1) is 17.7. The molecule has 144 valence electrons. The summed E-state index contributed by atoms with van der Waals surface area (Å²) in [5, 5.41) is 18.6. The second kappa shape index (κ2) is 6.90. The maximum absolute atomic E-state index is 11.2. The molecule has 2 aliphatic rings. The summed E-state index contributed by atoms with van der Waals surface area (Å²) in [5.74, 6) is 0.771. The van der Waals surface area contributed by atoms with Gasteiger partial charge in [0.25, 0.3) is 5.69 Å². The van der Waals surface area contributed by atoms with E-state index in [1.165, 1.54) is 6.07 Å². The Labute approximate surface area is 172 Å². The summed E-state index contributed by atoms with van der Waals surface area (Å²) >= 11 is 6.17. The summed E-state index contributed by atoms with van der Waals surface area (Å²) in [5.41, 5.74) is 3.64. The highest BCUT2D eigenvalue weighted by atomic mass is 35.5. The van der Waals surface area contributed by atoms with Crippen molar-refractivity contribution in [3.8, 4) is 5.75 Å². The zero-order valence-electron chi connectivity index (χ0n) is 15.2. The largest absolute Gasteiger partial charge is 0.464 e. The van der Waals surface area contributed by atoms with E-state index in [2.05, 4.69) is 0 Å². The van der Waals surface area contributed by atoms with Crippen LogP contribution in [0.3, 0.4) is 0 Å². The summed E-state index contributed by atoms with van der Waals surface area (Å²) in [4.78, 5) is 10.8.